The van der Waals surface area contributed by atoms with E-state index in [0.717, 1.165) is 12.1 Å². The van der Waals surface area contributed by atoms with E-state index in [1.807, 2.05) is 6.92 Å². The molecule has 1 heterocycles. The largest absolute Gasteiger partial charge is 0.389 e. The fraction of sp³-hybridized carbons (Fsp3) is 0.429. The quantitative estimate of drug-likeness (QED) is 0.818. The normalized spacial score (nSPS) is 22.9. The molecule has 1 aromatic carbocycles. The molecule has 1 aliphatic rings. The van der Waals surface area contributed by atoms with Crippen molar-refractivity contribution in [1.82, 2.24) is 4.90 Å². The van der Waals surface area contributed by atoms with E-state index < -0.39 is 5.41 Å². The number of carbonyl (C=O) groups excluding carboxylic acids is 1. The molecule has 1 unspecified atom stereocenters. The number of benzene rings is 1. The van der Waals surface area contributed by atoms with Crippen molar-refractivity contribution in [2.75, 3.05) is 13.1 Å². The number of halogens is 1. The summed E-state index contributed by atoms with van der Waals surface area (Å²) in [5.41, 5.74) is 12.0. The number of primary amides is 1. The molecule has 108 valence electrons. The van der Waals surface area contributed by atoms with Gasteiger partial charge in [-0.2, -0.15) is 0 Å². The van der Waals surface area contributed by atoms with E-state index in [-0.39, 0.29) is 16.7 Å². The highest BCUT2D eigenvalue weighted by molar-refractivity contribution is 7.80. The highest BCUT2D eigenvalue weighted by Crippen LogP contribution is 2.30. The molecule has 4 nitrogen and oxygen atoms in total. The summed E-state index contributed by atoms with van der Waals surface area (Å²) in [5.74, 6) is -0.620. The molecule has 4 N–H and O–H groups in total. The second kappa shape index (κ2) is 5.46. The Hall–Kier alpha value is -1.53. The summed E-state index contributed by atoms with van der Waals surface area (Å²) in [6.45, 7) is 3.67. The maximum absolute atomic E-state index is 13.4. The fourth-order valence-corrected chi connectivity index (χ4v) is 2.77. The van der Waals surface area contributed by atoms with Gasteiger partial charge >= 0.3 is 0 Å². The van der Waals surface area contributed by atoms with E-state index in [1.54, 1.807) is 6.07 Å². The van der Waals surface area contributed by atoms with Gasteiger partial charge < -0.3 is 11.5 Å². The average molecular weight is 295 g/mol. The number of carbonyl (C=O) groups is 1. The molecule has 0 saturated carbocycles. The highest BCUT2D eigenvalue weighted by atomic mass is 32.1. The molecule has 2 rings (SSSR count). The molecular weight excluding hydrogens is 277 g/mol. The summed E-state index contributed by atoms with van der Waals surface area (Å²) in [6, 6.07) is 4.38. The first-order chi connectivity index (χ1) is 9.32. The molecule has 0 bridgehead atoms. The third-order valence-corrected chi connectivity index (χ3v) is 4.09. The van der Waals surface area contributed by atoms with Crippen LogP contribution in [0.5, 0.6) is 0 Å². The Morgan fingerprint density at radius 1 is 1.50 bits per heavy atom. The Morgan fingerprint density at radius 2 is 2.20 bits per heavy atom. The fourth-order valence-electron chi connectivity index (χ4n) is 2.57. The molecule has 20 heavy (non-hydrogen) atoms. The van der Waals surface area contributed by atoms with Crippen LogP contribution in [0, 0.1) is 11.2 Å². The highest BCUT2D eigenvalue weighted by Gasteiger charge is 2.38. The Morgan fingerprint density at radius 3 is 2.75 bits per heavy atom. The zero-order chi connectivity index (χ0) is 14.9. The number of thiocarbonyl (C=S) groups is 1. The van der Waals surface area contributed by atoms with Gasteiger partial charge in [-0.15, -0.1) is 0 Å². The number of hydrogen-bond acceptors (Lipinski definition) is 3. The Labute approximate surface area is 122 Å². The zero-order valence-electron chi connectivity index (χ0n) is 11.4. The molecule has 1 saturated heterocycles. The van der Waals surface area contributed by atoms with Crippen molar-refractivity contribution in [3.05, 3.63) is 35.1 Å². The zero-order valence-corrected chi connectivity index (χ0v) is 12.2. The molecular formula is C14H18FN3OS. The van der Waals surface area contributed by atoms with Crippen molar-refractivity contribution in [1.29, 1.82) is 0 Å². The van der Waals surface area contributed by atoms with Crippen molar-refractivity contribution in [2.24, 2.45) is 16.9 Å². The molecule has 0 aromatic heterocycles. The Bertz CT molecular complexity index is 563. The van der Waals surface area contributed by atoms with E-state index in [1.165, 1.54) is 12.1 Å². The van der Waals surface area contributed by atoms with Gasteiger partial charge in [0.2, 0.25) is 5.91 Å². The molecule has 0 radical (unpaired) electrons. The SMILES string of the molecule is CC1(C(N)=O)CCN(Cc2cc(F)ccc2C(N)=S)C1. The average Bonchev–Trinajstić information content (AvgIpc) is 2.72. The summed E-state index contributed by atoms with van der Waals surface area (Å²) in [5, 5.41) is 0. The molecule has 6 heteroatoms. The van der Waals surface area contributed by atoms with Gasteiger partial charge in [-0.25, -0.2) is 4.39 Å². The van der Waals surface area contributed by atoms with Gasteiger partial charge in [-0.05, 0) is 43.7 Å². The van der Waals surface area contributed by atoms with E-state index in [0.29, 0.717) is 25.1 Å². The van der Waals surface area contributed by atoms with Gasteiger partial charge in [0.25, 0.3) is 0 Å². The maximum atomic E-state index is 13.4. The summed E-state index contributed by atoms with van der Waals surface area (Å²) in [7, 11) is 0. The topological polar surface area (TPSA) is 72.4 Å². The van der Waals surface area contributed by atoms with Crippen LogP contribution in [-0.4, -0.2) is 28.9 Å². The lowest BCUT2D eigenvalue weighted by Crippen LogP contribution is -2.37. The van der Waals surface area contributed by atoms with Gasteiger partial charge in [0.15, 0.2) is 0 Å². The van der Waals surface area contributed by atoms with Crippen LogP contribution >= 0.6 is 12.2 Å². The third-order valence-electron chi connectivity index (χ3n) is 3.87. The smallest absolute Gasteiger partial charge is 0.224 e. The first kappa shape index (κ1) is 14.9. The van der Waals surface area contributed by atoms with E-state index in [4.69, 9.17) is 23.7 Å². The number of hydrogen-bond donors (Lipinski definition) is 2. The van der Waals surface area contributed by atoms with Crippen molar-refractivity contribution in [3.8, 4) is 0 Å². The first-order valence-electron chi connectivity index (χ1n) is 6.42. The Balaban J connectivity index is 2.18. The third kappa shape index (κ3) is 2.96. The van der Waals surface area contributed by atoms with Gasteiger partial charge in [0, 0.05) is 18.7 Å². The van der Waals surface area contributed by atoms with Gasteiger partial charge in [-0.1, -0.05) is 12.2 Å². The van der Waals surface area contributed by atoms with Gasteiger partial charge in [-0.3, -0.25) is 9.69 Å². The molecule has 1 aromatic rings. The lowest BCUT2D eigenvalue weighted by Gasteiger charge is -2.22. The first-order valence-corrected chi connectivity index (χ1v) is 6.83. The molecule has 1 fully saturated rings. The lowest BCUT2D eigenvalue weighted by molar-refractivity contribution is -0.126. The van der Waals surface area contributed by atoms with Crippen LogP contribution in [0.3, 0.4) is 0 Å². The van der Waals surface area contributed by atoms with Crippen molar-refractivity contribution in [3.63, 3.8) is 0 Å². The van der Waals surface area contributed by atoms with Crippen molar-refractivity contribution < 1.29 is 9.18 Å². The number of amides is 1. The molecule has 1 atom stereocenters. The van der Waals surface area contributed by atoms with E-state index in [9.17, 15) is 9.18 Å². The molecule has 0 aliphatic carbocycles. The monoisotopic (exact) mass is 295 g/mol. The van der Waals surface area contributed by atoms with Crippen LogP contribution in [0.25, 0.3) is 0 Å². The standard InChI is InChI=1S/C14H18FN3OS/c1-14(13(17)19)4-5-18(8-14)7-9-6-10(15)2-3-11(9)12(16)20/h2-3,6H,4-5,7-8H2,1H3,(H2,16,20)(H2,17,19). The van der Waals surface area contributed by atoms with Crippen LogP contribution < -0.4 is 11.5 Å². The second-order valence-electron chi connectivity index (χ2n) is 5.55. The second-order valence-corrected chi connectivity index (χ2v) is 5.99. The number of nitrogens with zero attached hydrogens (tertiary/aromatic N) is 1. The summed E-state index contributed by atoms with van der Waals surface area (Å²) in [4.78, 5) is 13.8. The Kier molecular flexibility index (Phi) is 4.06. The maximum Gasteiger partial charge on any atom is 0.224 e. The molecule has 1 aliphatic heterocycles. The van der Waals surface area contributed by atoms with Gasteiger partial charge in [0.1, 0.15) is 10.8 Å². The van der Waals surface area contributed by atoms with Crippen LogP contribution in [0.15, 0.2) is 18.2 Å². The molecule has 0 spiro atoms. The van der Waals surface area contributed by atoms with E-state index in [2.05, 4.69) is 4.90 Å². The van der Waals surface area contributed by atoms with Crippen molar-refractivity contribution >= 4 is 23.1 Å². The summed E-state index contributed by atoms with van der Waals surface area (Å²) >= 11 is 4.98. The van der Waals surface area contributed by atoms with Gasteiger partial charge in [0.05, 0.1) is 5.41 Å². The number of nitrogens with two attached hydrogens (primary N) is 2. The minimum atomic E-state index is -0.517. The van der Waals surface area contributed by atoms with Crippen LogP contribution in [0.1, 0.15) is 24.5 Å². The minimum absolute atomic E-state index is 0.247. The predicted octanol–water partition coefficient (Wildman–Crippen LogP) is 1.16. The molecule has 1 amide bonds. The lowest BCUT2D eigenvalue weighted by atomic mass is 9.89. The predicted molar refractivity (Wildman–Crippen MR) is 79.5 cm³/mol. The number of rotatable bonds is 4. The van der Waals surface area contributed by atoms with Crippen molar-refractivity contribution in [2.45, 2.75) is 19.9 Å². The van der Waals surface area contributed by atoms with Crippen LogP contribution in [0.2, 0.25) is 0 Å². The summed E-state index contributed by atoms with van der Waals surface area (Å²) < 4.78 is 13.4. The number of likely N-dealkylation sites (tertiary alicyclic amines) is 1. The van der Waals surface area contributed by atoms with Crippen LogP contribution in [0.4, 0.5) is 4.39 Å². The minimum Gasteiger partial charge on any atom is -0.389 e. The van der Waals surface area contributed by atoms with E-state index >= 15 is 0 Å². The van der Waals surface area contributed by atoms with Crippen LogP contribution in [-0.2, 0) is 11.3 Å². The summed E-state index contributed by atoms with van der Waals surface area (Å²) in [6.07, 6.45) is 0.708.